The number of nitrogens with one attached hydrogen (secondary N) is 1. The van der Waals surface area contributed by atoms with Crippen LogP contribution in [0, 0.1) is 6.92 Å². The highest BCUT2D eigenvalue weighted by molar-refractivity contribution is 7.90. The van der Waals surface area contributed by atoms with Crippen LogP contribution in [0.2, 0.25) is 0 Å². The van der Waals surface area contributed by atoms with E-state index >= 15 is 0 Å². The van der Waals surface area contributed by atoms with Gasteiger partial charge >= 0.3 is 0 Å². The van der Waals surface area contributed by atoms with E-state index in [0.29, 0.717) is 43.4 Å². The van der Waals surface area contributed by atoms with Crippen LogP contribution in [-0.4, -0.2) is 77.1 Å². The lowest BCUT2D eigenvalue weighted by Gasteiger charge is -2.32. The molecule has 2 aromatic heterocycles. The molecule has 2 saturated heterocycles. The number of carbonyl (C=O) groups is 2. The quantitative estimate of drug-likeness (QED) is 0.208. The number of amides is 2. The summed E-state index contributed by atoms with van der Waals surface area (Å²) in [6.45, 7) is 9.17. The normalized spacial score (nSPS) is 20.3. The van der Waals surface area contributed by atoms with Crippen LogP contribution in [0.1, 0.15) is 115 Å². The zero-order valence-corrected chi connectivity index (χ0v) is 32.1. The number of aromatic nitrogens is 3. The number of carbonyl (C=O) groups excluding carboxylic acids is 2. The number of likely N-dealkylation sites (tertiary alicyclic amines) is 1. The molecule has 2 atom stereocenters. The Hall–Kier alpha value is -4.42. The Bertz CT molecular complexity index is 2250. The van der Waals surface area contributed by atoms with Crippen molar-refractivity contribution in [3.63, 3.8) is 0 Å². The van der Waals surface area contributed by atoms with Crippen molar-refractivity contribution < 1.29 is 27.5 Å². The molecule has 2 bridgehead atoms. The first-order valence-electron chi connectivity index (χ1n) is 19.1. The third kappa shape index (κ3) is 6.27. The van der Waals surface area contributed by atoms with Crippen molar-refractivity contribution in [3.8, 4) is 17.0 Å². The topological polar surface area (TPSA) is 125 Å². The smallest absolute Gasteiger partial charge is 0.264 e. The maximum Gasteiger partial charge on any atom is 0.264 e. The van der Waals surface area contributed by atoms with Gasteiger partial charge in [0.2, 0.25) is 10.0 Å². The minimum absolute atomic E-state index is 0.0285. The average Bonchev–Trinajstić information content (AvgIpc) is 3.75. The Morgan fingerprint density at radius 3 is 2.42 bits per heavy atom. The predicted molar refractivity (Wildman–Crippen MR) is 206 cm³/mol. The van der Waals surface area contributed by atoms with Crippen LogP contribution < -0.4 is 9.46 Å². The average molecular weight is 740 g/mol. The van der Waals surface area contributed by atoms with Gasteiger partial charge in [0.15, 0.2) is 0 Å². The van der Waals surface area contributed by atoms with Crippen molar-refractivity contribution >= 4 is 44.4 Å². The Morgan fingerprint density at radius 2 is 1.74 bits per heavy atom. The van der Waals surface area contributed by atoms with E-state index in [0.717, 1.165) is 83.3 Å². The summed E-state index contributed by atoms with van der Waals surface area (Å²) < 4.78 is 43.9. The van der Waals surface area contributed by atoms with E-state index in [2.05, 4.69) is 27.5 Å². The molecule has 53 heavy (non-hydrogen) atoms. The summed E-state index contributed by atoms with van der Waals surface area (Å²) in [6.07, 6.45) is 9.86. The molecule has 280 valence electrons. The lowest BCUT2D eigenvalue weighted by atomic mass is 9.81. The number of methoxy groups -OCH3 is 1. The van der Waals surface area contributed by atoms with Crippen LogP contribution in [0.25, 0.3) is 33.8 Å². The minimum atomic E-state index is -3.84. The number of sulfonamides is 1. The maximum absolute atomic E-state index is 14.6. The van der Waals surface area contributed by atoms with Crippen LogP contribution in [0.5, 0.6) is 5.75 Å². The van der Waals surface area contributed by atoms with Crippen LogP contribution in [0.3, 0.4) is 0 Å². The molecule has 2 unspecified atom stereocenters. The van der Waals surface area contributed by atoms with E-state index in [1.807, 2.05) is 41.6 Å². The summed E-state index contributed by atoms with van der Waals surface area (Å²) >= 11 is 0. The molecule has 3 fully saturated rings. The minimum Gasteiger partial charge on any atom is -0.497 e. The molecule has 1 aliphatic carbocycles. The molecule has 1 N–H and O–H groups in total. The van der Waals surface area contributed by atoms with E-state index in [1.54, 1.807) is 27.0 Å². The Balaban J connectivity index is 1.34. The highest BCUT2D eigenvalue weighted by atomic mass is 32.2. The number of hydrogen-bond acceptors (Lipinski definition) is 7. The monoisotopic (exact) mass is 739 g/mol. The predicted octanol–water partition coefficient (Wildman–Crippen LogP) is 6.92. The fraction of sp³-hybridized carbons (Fsp3) is 0.488. The largest absolute Gasteiger partial charge is 0.497 e. The van der Waals surface area contributed by atoms with Gasteiger partial charge in [-0.1, -0.05) is 25.3 Å². The third-order valence-electron chi connectivity index (χ3n) is 11.7. The van der Waals surface area contributed by atoms with E-state index < -0.39 is 21.2 Å². The summed E-state index contributed by atoms with van der Waals surface area (Å²) in [6, 6.07) is 11.7. The van der Waals surface area contributed by atoms with Gasteiger partial charge in [-0.2, -0.15) is 5.10 Å². The molecule has 11 nitrogen and oxygen atoms in total. The van der Waals surface area contributed by atoms with E-state index in [-0.39, 0.29) is 23.7 Å². The van der Waals surface area contributed by atoms with Gasteiger partial charge in [-0.15, -0.1) is 0 Å². The molecule has 2 aromatic carbocycles. The summed E-state index contributed by atoms with van der Waals surface area (Å²) in [7, 11) is -2.17. The van der Waals surface area contributed by atoms with Gasteiger partial charge in [0, 0.05) is 41.7 Å². The number of allylic oxidation sites excluding steroid dienone is 1. The molecule has 0 radical (unpaired) electrons. The van der Waals surface area contributed by atoms with Gasteiger partial charge in [0.05, 0.1) is 53.8 Å². The van der Waals surface area contributed by atoms with Crippen LogP contribution in [0.15, 0.2) is 36.4 Å². The molecule has 4 aromatic rings. The fourth-order valence-corrected chi connectivity index (χ4v) is 9.58. The molecule has 4 aliphatic rings. The number of ether oxygens (including phenoxy) is 2. The highest BCUT2D eigenvalue weighted by Gasteiger charge is 2.39. The molecular weight excluding hydrogens is 691 g/mol. The molecule has 5 heterocycles. The second-order valence-corrected chi connectivity index (χ2v) is 17.6. The third-order valence-corrected chi connectivity index (χ3v) is 13.4. The molecular formula is C41H49N5O6S. The fourth-order valence-electron chi connectivity index (χ4n) is 8.96. The van der Waals surface area contributed by atoms with E-state index in [9.17, 15) is 18.0 Å². The van der Waals surface area contributed by atoms with Gasteiger partial charge < -0.3 is 18.9 Å². The van der Waals surface area contributed by atoms with Crippen molar-refractivity contribution in [2.75, 3.05) is 20.2 Å². The number of benzene rings is 2. The van der Waals surface area contributed by atoms with Gasteiger partial charge in [-0.3, -0.25) is 14.3 Å². The molecule has 3 aliphatic heterocycles. The summed E-state index contributed by atoms with van der Waals surface area (Å²) in [5, 5.41) is 5.23. The lowest BCUT2D eigenvalue weighted by Crippen LogP contribution is -2.46. The van der Waals surface area contributed by atoms with Crippen LogP contribution >= 0.6 is 0 Å². The number of morpholine rings is 1. The molecule has 2 amide bonds. The first kappa shape index (κ1) is 35.6. The molecule has 0 spiro atoms. The SMILES string of the molecule is CCn1nc(C)c(C(=O)N2CC3CCC(C2)O3)c1C1=Cc2cc(OC)ccc2-c2c(C3CCCCC3)c3ccc(C(=O)NS(=O)(=O)C(C)C)cc3n2C1. The van der Waals surface area contributed by atoms with Crippen molar-refractivity contribution in [1.29, 1.82) is 0 Å². The molecule has 12 heteroatoms. The first-order valence-corrected chi connectivity index (χ1v) is 20.7. The lowest BCUT2D eigenvalue weighted by molar-refractivity contribution is -0.0303. The number of nitrogens with zero attached hydrogens (tertiary/aromatic N) is 4. The van der Waals surface area contributed by atoms with Gasteiger partial charge in [-0.25, -0.2) is 13.1 Å². The second-order valence-electron chi connectivity index (χ2n) is 15.4. The number of hydrogen-bond donors (Lipinski definition) is 1. The van der Waals surface area contributed by atoms with Crippen molar-refractivity contribution in [2.24, 2.45) is 0 Å². The van der Waals surface area contributed by atoms with E-state index in [4.69, 9.17) is 14.6 Å². The molecule has 8 rings (SSSR count). The van der Waals surface area contributed by atoms with Gasteiger partial charge in [-0.05, 0) is 112 Å². The first-order chi connectivity index (χ1) is 25.5. The number of aryl methyl sites for hydroxylation is 2. The van der Waals surface area contributed by atoms with Crippen LogP contribution in [0.4, 0.5) is 0 Å². The zero-order chi connectivity index (χ0) is 37.2. The summed E-state index contributed by atoms with van der Waals surface area (Å²) in [4.78, 5) is 30.1. The van der Waals surface area contributed by atoms with Crippen molar-refractivity contribution in [3.05, 3.63) is 70.0 Å². The Morgan fingerprint density at radius 1 is 1.00 bits per heavy atom. The zero-order valence-electron chi connectivity index (χ0n) is 31.3. The number of fused-ring (bicyclic) bond motifs is 7. The van der Waals surface area contributed by atoms with Gasteiger partial charge in [0.1, 0.15) is 5.75 Å². The van der Waals surface area contributed by atoms with Crippen LogP contribution in [-0.2, 0) is 27.8 Å². The van der Waals surface area contributed by atoms with Crippen molar-refractivity contribution in [2.45, 2.75) is 109 Å². The maximum atomic E-state index is 14.6. The Kier molecular flexibility index (Phi) is 9.25. The molecule has 1 saturated carbocycles. The summed E-state index contributed by atoms with van der Waals surface area (Å²) in [5.41, 5.74) is 8.48. The second kappa shape index (κ2) is 13.8. The van der Waals surface area contributed by atoms with Crippen molar-refractivity contribution in [1.82, 2.24) is 24.0 Å². The van der Waals surface area contributed by atoms with E-state index in [1.165, 1.54) is 12.0 Å². The highest BCUT2D eigenvalue weighted by Crippen LogP contribution is 2.48. The standard InChI is InChI=1S/C41H49N5O6S/c1-6-46-38(36(25(4)42-46)41(48)44-22-31-13-14-32(23-44)52-31)29-18-28-19-30(51-5)15-17-33(28)39-37(26-10-8-7-9-11-26)34-16-12-27(20-35(34)45(39)21-29)40(47)43-53(49,50)24(2)3/h12,15-20,24,26,31-32H,6-11,13-14,21-23H2,1-5H3,(H,43,47). The summed E-state index contributed by atoms with van der Waals surface area (Å²) in [5.74, 6) is 0.363. The number of rotatable bonds is 8. The van der Waals surface area contributed by atoms with Gasteiger partial charge in [0.25, 0.3) is 11.8 Å². The Labute approximate surface area is 311 Å².